The Morgan fingerprint density at radius 1 is 1.36 bits per heavy atom. The minimum Gasteiger partial charge on any atom is -0.369 e. The summed E-state index contributed by atoms with van der Waals surface area (Å²) < 4.78 is 0. The molecule has 1 aliphatic rings. The van der Waals surface area contributed by atoms with E-state index in [0.29, 0.717) is 5.92 Å². The van der Waals surface area contributed by atoms with Gasteiger partial charge in [-0.3, -0.25) is 4.79 Å². The normalized spacial score (nSPS) is 20.0. The van der Waals surface area contributed by atoms with Crippen LogP contribution in [0.2, 0.25) is 0 Å². The maximum absolute atomic E-state index is 12.5. The number of rotatable bonds is 5. The lowest BCUT2D eigenvalue weighted by Gasteiger charge is -2.39. The summed E-state index contributed by atoms with van der Waals surface area (Å²) in [4.78, 5) is 16.7. The largest absolute Gasteiger partial charge is 0.369 e. The molecular formula is C18H29N3O. The zero-order valence-electron chi connectivity index (χ0n) is 14.0. The molecule has 1 saturated heterocycles. The highest BCUT2D eigenvalue weighted by Crippen LogP contribution is 2.22. The summed E-state index contributed by atoms with van der Waals surface area (Å²) in [6.07, 6.45) is 2.91. The van der Waals surface area contributed by atoms with E-state index in [9.17, 15) is 4.79 Å². The highest BCUT2D eigenvalue weighted by Gasteiger charge is 2.28. The number of nitrogens with zero attached hydrogens (tertiary/aromatic N) is 2. The number of nitrogens with two attached hydrogens (primary N) is 1. The summed E-state index contributed by atoms with van der Waals surface area (Å²) in [5.74, 6) is 0.521. The third kappa shape index (κ3) is 4.23. The smallest absolute Gasteiger partial charge is 0.239 e. The van der Waals surface area contributed by atoms with Gasteiger partial charge in [-0.05, 0) is 37.3 Å². The van der Waals surface area contributed by atoms with E-state index < -0.39 is 0 Å². The van der Waals surface area contributed by atoms with Gasteiger partial charge >= 0.3 is 0 Å². The van der Waals surface area contributed by atoms with E-state index >= 15 is 0 Å². The summed E-state index contributed by atoms with van der Waals surface area (Å²) in [6, 6.07) is 10.3. The first kappa shape index (κ1) is 16.8. The zero-order chi connectivity index (χ0) is 16.1. The minimum atomic E-state index is -0.378. The Kier molecular flexibility index (Phi) is 5.83. The van der Waals surface area contributed by atoms with Crippen LogP contribution in [0.4, 0.5) is 5.69 Å². The van der Waals surface area contributed by atoms with Crippen molar-refractivity contribution in [1.29, 1.82) is 0 Å². The molecule has 1 aromatic rings. The van der Waals surface area contributed by atoms with Gasteiger partial charge in [0.15, 0.2) is 0 Å². The minimum absolute atomic E-state index is 0.0774. The monoisotopic (exact) mass is 303 g/mol. The SMILES string of the molecule is CC(C)C[C@H](N)C(=O)N(C)C1CCCN(c2ccccc2)C1. The third-order valence-corrected chi connectivity index (χ3v) is 4.46. The Bertz CT molecular complexity index is 474. The van der Waals surface area contributed by atoms with Gasteiger partial charge in [0, 0.05) is 31.9 Å². The van der Waals surface area contributed by atoms with Crippen LogP contribution in [0.15, 0.2) is 30.3 Å². The van der Waals surface area contributed by atoms with E-state index in [1.807, 2.05) is 18.0 Å². The van der Waals surface area contributed by atoms with Crippen molar-refractivity contribution in [3.05, 3.63) is 30.3 Å². The molecule has 1 unspecified atom stereocenters. The summed E-state index contributed by atoms with van der Waals surface area (Å²) in [7, 11) is 1.90. The van der Waals surface area contributed by atoms with Crippen LogP contribution < -0.4 is 10.6 Å². The van der Waals surface area contributed by atoms with E-state index in [1.54, 1.807) is 0 Å². The second kappa shape index (κ2) is 7.63. The topological polar surface area (TPSA) is 49.6 Å². The van der Waals surface area contributed by atoms with Gasteiger partial charge in [0.25, 0.3) is 0 Å². The fourth-order valence-electron chi connectivity index (χ4n) is 3.19. The number of amides is 1. The number of hydrogen-bond donors (Lipinski definition) is 1. The van der Waals surface area contributed by atoms with Gasteiger partial charge in [-0.2, -0.15) is 0 Å². The molecule has 0 spiro atoms. The molecule has 1 amide bonds. The first-order valence-electron chi connectivity index (χ1n) is 8.31. The second-order valence-corrected chi connectivity index (χ2v) is 6.76. The van der Waals surface area contributed by atoms with E-state index in [-0.39, 0.29) is 18.0 Å². The maximum Gasteiger partial charge on any atom is 0.239 e. The number of para-hydroxylation sites is 1. The quantitative estimate of drug-likeness (QED) is 0.909. The zero-order valence-corrected chi connectivity index (χ0v) is 14.0. The highest BCUT2D eigenvalue weighted by molar-refractivity contribution is 5.81. The molecular weight excluding hydrogens is 274 g/mol. The molecule has 4 heteroatoms. The molecule has 0 saturated carbocycles. The van der Waals surface area contributed by atoms with Crippen molar-refractivity contribution in [1.82, 2.24) is 4.90 Å². The van der Waals surface area contributed by atoms with Crippen LogP contribution in [-0.2, 0) is 4.79 Å². The van der Waals surface area contributed by atoms with Crippen LogP contribution in [0.25, 0.3) is 0 Å². The molecule has 122 valence electrons. The first-order chi connectivity index (χ1) is 10.5. The van der Waals surface area contributed by atoms with Crippen LogP contribution in [-0.4, -0.2) is 43.0 Å². The van der Waals surface area contributed by atoms with Crippen molar-refractivity contribution in [3.8, 4) is 0 Å². The number of likely N-dealkylation sites (N-methyl/N-ethyl adjacent to an activating group) is 1. The van der Waals surface area contributed by atoms with Gasteiger partial charge in [0.2, 0.25) is 5.91 Å². The molecule has 2 N–H and O–H groups in total. The maximum atomic E-state index is 12.5. The van der Waals surface area contributed by atoms with Gasteiger partial charge in [0.1, 0.15) is 0 Å². The molecule has 1 heterocycles. The Hall–Kier alpha value is -1.55. The standard InChI is InChI=1S/C18H29N3O/c1-14(2)12-17(19)18(22)20(3)16-10-7-11-21(13-16)15-8-5-4-6-9-15/h4-6,8-9,14,16-17H,7,10-13,19H2,1-3H3/t16?,17-/m0/s1. The van der Waals surface area contributed by atoms with Crippen LogP contribution in [0.3, 0.4) is 0 Å². The summed E-state index contributed by atoms with van der Waals surface area (Å²) >= 11 is 0. The number of anilines is 1. The third-order valence-electron chi connectivity index (χ3n) is 4.46. The fourth-order valence-corrected chi connectivity index (χ4v) is 3.19. The fraction of sp³-hybridized carbons (Fsp3) is 0.611. The lowest BCUT2D eigenvalue weighted by molar-refractivity contribution is -0.133. The second-order valence-electron chi connectivity index (χ2n) is 6.76. The molecule has 22 heavy (non-hydrogen) atoms. The van der Waals surface area contributed by atoms with Crippen molar-refractivity contribution in [2.75, 3.05) is 25.0 Å². The van der Waals surface area contributed by atoms with E-state index in [2.05, 4.69) is 43.0 Å². The predicted octanol–water partition coefficient (Wildman–Crippen LogP) is 2.49. The average Bonchev–Trinajstić information content (AvgIpc) is 2.53. The van der Waals surface area contributed by atoms with Crippen LogP contribution in [0, 0.1) is 5.92 Å². The Balaban J connectivity index is 1.98. The van der Waals surface area contributed by atoms with E-state index in [1.165, 1.54) is 5.69 Å². The molecule has 4 nitrogen and oxygen atoms in total. The van der Waals surface area contributed by atoms with Crippen molar-refractivity contribution in [2.24, 2.45) is 11.7 Å². The van der Waals surface area contributed by atoms with Crippen molar-refractivity contribution in [2.45, 2.75) is 45.2 Å². The molecule has 0 aromatic heterocycles. The van der Waals surface area contributed by atoms with Crippen molar-refractivity contribution >= 4 is 11.6 Å². The molecule has 1 aliphatic heterocycles. The van der Waals surface area contributed by atoms with Gasteiger partial charge < -0.3 is 15.5 Å². The van der Waals surface area contributed by atoms with Crippen LogP contribution in [0.1, 0.15) is 33.1 Å². The van der Waals surface area contributed by atoms with E-state index in [4.69, 9.17) is 5.73 Å². The molecule has 0 radical (unpaired) electrons. The number of carbonyl (C=O) groups is 1. The lowest BCUT2D eigenvalue weighted by Crippen LogP contribution is -2.53. The number of piperidine rings is 1. The Morgan fingerprint density at radius 3 is 2.68 bits per heavy atom. The first-order valence-corrected chi connectivity index (χ1v) is 8.31. The molecule has 2 rings (SSSR count). The molecule has 1 fully saturated rings. The summed E-state index contributed by atoms with van der Waals surface area (Å²) in [5, 5.41) is 0. The van der Waals surface area contributed by atoms with Gasteiger partial charge in [-0.1, -0.05) is 32.0 Å². The molecule has 0 bridgehead atoms. The van der Waals surface area contributed by atoms with Crippen molar-refractivity contribution < 1.29 is 4.79 Å². The van der Waals surface area contributed by atoms with Crippen LogP contribution >= 0.6 is 0 Å². The highest BCUT2D eigenvalue weighted by atomic mass is 16.2. The van der Waals surface area contributed by atoms with Crippen molar-refractivity contribution in [3.63, 3.8) is 0 Å². The number of carbonyl (C=O) groups excluding carboxylic acids is 1. The van der Waals surface area contributed by atoms with E-state index in [0.717, 1.165) is 32.4 Å². The Morgan fingerprint density at radius 2 is 2.05 bits per heavy atom. The van der Waals surface area contributed by atoms with Gasteiger partial charge in [0.05, 0.1) is 6.04 Å². The van der Waals surface area contributed by atoms with Crippen LogP contribution in [0.5, 0.6) is 0 Å². The predicted molar refractivity (Wildman–Crippen MR) is 91.9 cm³/mol. The Labute approximate surface area is 134 Å². The van der Waals surface area contributed by atoms with Gasteiger partial charge in [-0.15, -0.1) is 0 Å². The van der Waals surface area contributed by atoms with Gasteiger partial charge in [-0.25, -0.2) is 0 Å². The molecule has 2 atom stereocenters. The number of benzene rings is 1. The summed E-state index contributed by atoms with van der Waals surface area (Å²) in [6.45, 7) is 6.15. The number of hydrogen-bond acceptors (Lipinski definition) is 3. The lowest BCUT2D eigenvalue weighted by atomic mass is 10.00. The molecule has 0 aliphatic carbocycles. The summed E-state index contributed by atoms with van der Waals surface area (Å²) in [5.41, 5.74) is 7.30. The average molecular weight is 303 g/mol. The molecule has 1 aromatic carbocycles.